The normalized spacial score (nSPS) is 19.6. The summed E-state index contributed by atoms with van der Waals surface area (Å²) in [6.45, 7) is 0. The number of carboxylic acid groups (broad SMARTS) is 1. The molecule has 0 spiro atoms. The molecule has 0 radical (unpaired) electrons. The van der Waals surface area contributed by atoms with Crippen molar-refractivity contribution < 1.29 is 14.3 Å². The second-order valence-electron chi connectivity index (χ2n) is 4.20. The Bertz CT molecular complexity index is 375. The maximum Gasteiger partial charge on any atom is 0.303 e. The van der Waals surface area contributed by atoms with Gasteiger partial charge in [-0.3, -0.25) is 4.79 Å². The van der Waals surface area contributed by atoms with Crippen LogP contribution in [0.2, 0.25) is 0 Å². The fourth-order valence-electron chi connectivity index (χ4n) is 1.81. The van der Waals surface area contributed by atoms with Crippen LogP contribution in [-0.2, 0) is 11.2 Å². The summed E-state index contributed by atoms with van der Waals surface area (Å²) in [5.41, 5.74) is 0. The monoisotopic (exact) mass is 256 g/mol. The van der Waals surface area contributed by atoms with Gasteiger partial charge in [0.25, 0.3) is 0 Å². The van der Waals surface area contributed by atoms with Gasteiger partial charge in [0.2, 0.25) is 11.8 Å². The van der Waals surface area contributed by atoms with Crippen molar-refractivity contribution in [2.75, 3.05) is 11.5 Å². The number of rotatable bonds is 6. The van der Waals surface area contributed by atoms with Crippen LogP contribution in [0.5, 0.6) is 0 Å². The third-order valence-electron chi connectivity index (χ3n) is 2.79. The molecule has 1 aliphatic rings. The summed E-state index contributed by atoms with van der Waals surface area (Å²) in [5.74, 6) is 3.30. The summed E-state index contributed by atoms with van der Waals surface area (Å²) in [7, 11) is 0. The van der Waals surface area contributed by atoms with Gasteiger partial charge < -0.3 is 9.52 Å². The molecule has 0 saturated carbocycles. The fourth-order valence-corrected chi connectivity index (χ4v) is 3.03. The molecule has 17 heavy (non-hydrogen) atoms. The minimum Gasteiger partial charge on any atom is -0.481 e. The minimum absolute atomic E-state index is 0.209. The molecule has 1 aliphatic heterocycles. The average Bonchev–Trinajstić information content (AvgIpc) is 2.94. The smallest absolute Gasteiger partial charge is 0.303 e. The molecule has 0 amide bonds. The number of nitrogens with zero attached hydrogens (tertiary/aromatic N) is 2. The number of aryl methyl sites for hydroxylation is 1. The highest BCUT2D eigenvalue weighted by molar-refractivity contribution is 7.99. The number of aliphatic carboxylic acids is 1. The highest BCUT2D eigenvalue weighted by Gasteiger charge is 2.22. The lowest BCUT2D eigenvalue weighted by atomic mass is 10.1. The van der Waals surface area contributed by atoms with E-state index in [1.807, 2.05) is 11.8 Å². The second-order valence-corrected chi connectivity index (χ2v) is 5.35. The molecule has 2 rings (SSSR count). The van der Waals surface area contributed by atoms with Gasteiger partial charge in [-0.2, -0.15) is 11.8 Å². The molecule has 0 aromatic carbocycles. The molecule has 94 valence electrons. The number of hydrogen-bond acceptors (Lipinski definition) is 5. The van der Waals surface area contributed by atoms with E-state index in [1.54, 1.807) is 0 Å². The largest absolute Gasteiger partial charge is 0.481 e. The van der Waals surface area contributed by atoms with Crippen molar-refractivity contribution in [3.05, 3.63) is 11.8 Å². The van der Waals surface area contributed by atoms with Gasteiger partial charge in [-0.05, 0) is 25.0 Å². The molecule has 0 aliphatic carbocycles. The Balaban J connectivity index is 1.75. The predicted molar refractivity (Wildman–Crippen MR) is 64.2 cm³/mol. The zero-order valence-electron chi connectivity index (χ0n) is 9.59. The number of carboxylic acids is 1. The number of carbonyl (C=O) groups is 1. The van der Waals surface area contributed by atoms with Crippen LogP contribution in [0.4, 0.5) is 0 Å². The van der Waals surface area contributed by atoms with E-state index in [9.17, 15) is 4.79 Å². The van der Waals surface area contributed by atoms with Crippen LogP contribution in [0.3, 0.4) is 0 Å². The summed E-state index contributed by atoms with van der Waals surface area (Å²) in [5, 5.41) is 16.6. The molecule has 1 atom stereocenters. The van der Waals surface area contributed by atoms with Gasteiger partial charge in [-0.25, -0.2) is 0 Å². The Morgan fingerprint density at radius 3 is 3.06 bits per heavy atom. The van der Waals surface area contributed by atoms with Crippen LogP contribution in [0.15, 0.2) is 4.42 Å². The van der Waals surface area contributed by atoms with Gasteiger partial charge in [0, 0.05) is 24.5 Å². The Morgan fingerprint density at radius 1 is 1.47 bits per heavy atom. The van der Waals surface area contributed by atoms with Crippen molar-refractivity contribution in [1.82, 2.24) is 10.2 Å². The maximum atomic E-state index is 10.3. The SMILES string of the molecule is O=C(O)CCCCc1nnc(C2CCSC2)o1. The molecule has 6 heteroatoms. The Morgan fingerprint density at radius 2 is 2.35 bits per heavy atom. The number of thioether (sulfide) groups is 1. The van der Waals surface area contributed by atoms with E-state index in [2.05, 4.69) is 10.2 Å². The van der Waals surface area contributed by atoms with Gasteiger partial charge in [0.05, 0.1) is 0 Å². The lowest BCUT2D eigenvalue weighted by Gasteiger charge is -1.99. The highest BCUT2D eigenvalue weighted by Crippen LogP contribution is 2.31. The quantitative estimate of drug-likeness (QED) is 0.785. The maximum absolute atomic E-state index is 10.3. The van der Waals surface area contributed by atoms with Crippen molar-refractivity contribution in [3.63, 3.8) is 0 Å². The van der Waals surface area contributed by atoms with E-state index >= 15 is 0 Å². The molecule has 0 bridgehead atoms. The van der Waals surface area contributed by atoms with Crippen LogP contribution in [0.25, 0.3) is 0 Å². The van der Waals surface area contributed by atoms with Gasteiger partial charge >= 0.3 is 5.97 Å². The summed E-state index contributed by atoms with van der Waals surface area (Å²) >= 11 is 1.92. The van der Waals surface area contributed by atoms with Crippen LogP contribution in [0, 0.1) is 0 Å². The van der Waals surface area contributed by atoms with Gasteiger partial charge in [0.1, 0.15) is 0 Å². The van der Waals surface area contributed by atoms with Crippen LogP contribution < -0.4 is 0 Å². The molecule has 1 N–H and O–H groups in total. The van der Waals surface area contributed by atoms with Gasteiger partial charge in [-0.15, -0.1) is 10.2 Å². The number of hydrogen-bond donors (Lipinski definition) is 1. The van der Waals surface area contributed by atoms with Gasteiger partial charge in [0.15, 0.2) is 0 Å². The Labute approximate surface area is 104 Å². The predicted octanol–water partition coefficient (Wildman–Crippen LogP) is 2.09. The third kappa shape index (κ3) is 3.73. The third-order valence-corrected chi connectivity index (χ3v) is 3.96. The molecular weight excluding hydrogens is 240 g/mol. The minimum atomic E-state index is -0.751. The fraction of sp³-hybridized carbons (Fsp3) is 0.727. The molecule has 1 aromatic rings. The standard InChI is InChI=1S/C11H16N2O3S/c14-10(15)4-2-1-3-9-12-13-11(16-9)8-5-6-17-7-8/h8H,1-7H2,(H,14,15). The average molecular weight is 256 g/mol. The van der Waals surface area contributed by atoms with Crippen molar-refractivity contribution >= 4 is 17.7 Å². The molecule has 2 heterocycles. The van der Waals surface area contributed by atoms with Crippen molar-refractivity contribution in [2.45, 2.75) is 38.0 Å². The Kier molecular flexibility index (Phi) is 4.42. The van der Waals surface area contributed by atoms with Crippen molar-refractivity contribution in [2.24, 2.45) is 0 Å². The molecule has 1 fully saturated rings. The first-order valence-corrected chi connectivity index (χ1v) is 7.03. The van der Waals surface area contributed by atoms with E-state index in [-0.39, 0.29) is 6.42 Å². The van der Waals surface area contributed by atoms with E-state index in [1.165, 1.54) is 5.75 Å². The first kappa shape index (κ1) is 12.4. The molecule has 1 saturated heterocycles. The van der Waals surface area contributed by atoms with E-state index < -0.39 is 5.97 Å². The number of unbranched alkanes of at least 4 members (excludes halogenated alkanes) is 1. The Hall–Kier alpha value is -1.04. The van der Waals surface area contributed by atoms with Crippen LogP contribution >= 0.6 is 11.8 Å². The lowest BCUT2D eigenvalue weighted by molar-refractivity contribution is -0.137. The molecular formula is C11H16N2O3S. The van der Waals surface area contributed by atoms with E-state index in [0.29, 0.717) is 24.7 Å². The number of aromatic nitrogens is 2. The molecule has 5 nitrogen and oxygen atoms in total. The van der Waals surface area contributed by atoms with E-state index in [4.69, 9.17) is 9.52 Å². The summed E-state index contributed by atoms with van der Waals surface area (Å²) in [4.78, 5) is 10.3. The van der Waals surface area contributed by atoms with Crippen molar-refractivity contribution in [1.29, 1.82) is 0 Å². The van der Waals surface area contributed by atoms with Crippen LogP contribution in [0.1, 0.15) is 43.4 Å². The highest BCUT2D eigenvalue weighted by atomic mass is 32.2. The zero-order valence-corrected chi connectivity index (χ0v) is 10.4. The zero-order chi connectivity index (χ0) is 12.1. The lowest BCUT2D eigenvalue weighted by Crippen LogP contribution is -1.96. The molecule has 1 unspecified atom stereocenters. The second kappa shape index (κ2) is 6.05. The van der Waals surface area contributed by atoms with E-state index in [0.717, 1.165) is 24.5 Å². The molecule has 1 aromatic heterocycles. The first-order chi connectivity index (χ1) is 8.25. The van der Waals surface area contributed by atoms with Crippen molar-refractivity contribution in [3.8, 4) is 0 Å². The topological polar surface area (TPSA) is 76.2 Å². The summed E-state index contributed by atoms with van der Waals surface area (Å²) in [6.07, 6.45) is 3.45. The first-order valence-electron chi connectivity index (χ1n) is 5.87. The summed E-state index contributed by atoms with van der Waals surface area (Å²) in [6, 6.07) is 0. The van der Waals surface area contributed by atoms with Gasteiger partial charge in [-0.1, -0.05) is 0 Å². The van der Waals surface area contributed by atoms with Crippen LogP contribution in [-0.4, -0.2) is 32.8 Å². The summed E-state index contributed by atoms with van der Waals surface area (Å²) < 4.78 is 5.59.